The third-order valence-electron chi connectivity index (χ3n) is 2.47. The number of halogens is 2. The largest absolute Gasteiger partial charge is 0.507 e. The van der Waals surface area contributed by atoms with E-state index >= 15 is 0 Å². The molecular formula is C13H8ClFO3. The summed E-state index contributed by atoms with van der Waals surface area (Å²) in [6.45, 7) is 0. The lowest BCUT2D eigenvalue weighted by Gasteiger charge is -2.07. The van der Waals surface area contributed by atoms with E-state index in [9.17, 15) is 14.3 Å². The molecule has 0 amide bonds. The fourth-order valence-corrected chi connectivity index (χ4v) is 1.87. The van der Waals surface area contributed by atoms with E-state index in [2.05, 4.69) is 0 Å². The zero-order valence-electron chi connectivity index (χ0n) is 9.02. The first-order chi connectivity index (χ1) is 8.49. The van der Waals surface area contributed by atoms with Crippen molar-refractivity contribution in [3.8, 4) is 16.9 Å². The summed E-state index contributed by atoms with van der Waals surface area (Å²) in [6.07, 6.45) is 0. The van der Waals surface area contributed by atoms with Crippen LogP contribution in [0.3, 0.4) is 0 Å². The van der Waals surface area contributed by atoms with Crippen LogP contribution in [0.4, 0.5) is 4.39 Å². The van der Waals surface area contributed by atoms with E-state index in [0.717, 1.165) is 6.07 Å². The fourth-order valence-electron chi connectivity index (χ4n) is 1.60. The van der Waals surface area contributed by atoms with Crippen molar-refractivity contribution in [3.63, 3.8) is 0 Å². The van der Waals surface area contributed by atoms with E-state index in [1.165, 1.54) is 30.3 Å². The maximum atomic E-state index is 12.9. The zero-order valence-corrected chi connectivity index (χ0v) is 9.78. The number of hydrogen-bond acceptors (Lipinski definition) is 2. The summed E-state index contributed by atoms with van der Waals surface area (Å²) in [5, 5.41) is 18.5. The molecule has 0 aliphatic rings. The van der Waals surface area contributed by atoms with E-state index < -0.39 is 11.8 Å². The Morgan fingerprint density at radius 2 is 1.89 bits per heavy atom. The lowest BCUT2D eigenvalue weighted by molar-refractivity contribution is 0.0694. The van der Waals surface area contributed by atoms with Crippen LogP contribution in [0.25, 0.3) is 11.1 Å². The van der Waals surface area contributed by atoms with Crippen LogP contribution in [0.2, 0.25) is 5.02 Å². The van der Waals surface area contributed by atoms with Gasteiger partial charge in [-0.2, -0.15) is 0 Å². The van der Waals surface area contributed by atoms with Gasteiger partial charge in [0.25, 0.3) is 0 Å². The Kier molecular flexibility index (Phi) is 3.21. The van der Waals surface area contributed by atoms with Gasteiger partial charge in [0.1, 0.15) is 17.1 Å². The van der Waals surface area contributed by atoms with Gasteiger partial charge in [-0.1, -0.05) is 17.7 Å². The van der Waals surface area contributed by atoms with Gasteiger partial charge in [-0.15, -0.1) is 0 Å². The Morgan fingerprint density at radius 1 is 1.17 bits per heavy atom. The van der Waals surface area contributed by atoms with Crippen molar-refractivity contribution < 1.29 is 19.4 Å². The average molecular weight is 267 g/mol. The summed E-state index contributed by atoms with van der Waals surface area (Å²) in [4.78, 5) is 10.9. The molecule has 92 valence electrons. The maximum absolute atomic E-state index is 12.9. The van der Waals surface area contributed by atoms with Crippen LogP contribution >= 0.6 is 11.6 Å². The molecule has 0 aromatic heterocycles. The highest BCUT2D eigenvalue weighted by molar-refractivity contribution is 6.33. The minimum Gasteiger partial charge on any atom is -0.507 e. The van der Waals surface area contributed by atoms with Crippen LogP contribution in [0.15, 0.2) is 36.4 Å². The average Bonchev–Trinajstić information content (AvgIpc) is 2.30. The van der Waals surface area contributed by atoms with E-state index in [4.69, 9.17) is 16.7 Å². The molecule has 18 heavy (non-hydrogen) atoms. The summed E-state index contributed by atoms with van der Waals surface area (Å²) < 4.78 is 12.9. The van der Waals surface area contributed by atoms with E-state index in [0.29, 0.717) is 11.1 Å². The molecule has 0 spiro atoms. The highest BCUT2D eigenvalue weighted by atomic mass is 35.5. The highest BCUT2D eigenvalue weighted by Gasteiger charge is 2.12. The summed E-state index contributed by atoms with van der Waals surface area (Å²) >= 11 is 5.89. The molecule has 0 atom stereocenters. The van der Waals surface area contributed by atoms with Crippen molar-refractivity contribution in [1.82, 2.24) is 0 Å². The van der Waals surface area contributed by atoms with Gasteiger partial charge in [0.2, 0.25) is 0 Å². The summed E-state index contributed by atoms with van der Waals surface area (Å²) in [7, 11) is 0. The van der Waals surface area contributed by atoms with Gasteiger partial charge in [-0.05, 0) is 35.9 Å². The van der Waals surface area contributed by atoms with Crippen LogP contribution < -0.4 is 0 Å². The maximum Gasteiger partial charge on any atom is 0.339 e. The smallest absolute Gasteiger partial charge is 0.339 e. The van der Waals surface area contributed by atoms with Crippen LogP contribution in [0, 0.1) is 5.82 Å². The molecule has 2 rings (SSSR count). The van der Waals surface area contributed by atoms with Gasteiger partial charge in [0.15, 0.2) is 0 Å². The Morgan fingerprint density at radius 3 is 2.50 bits per heavy atom. The SMILES string of the molecule is O=C(O)c1cc(-c2ccc(F)cc2Cl)ccc1O. The molecule has 0 saturated heterocycles. The fraction of sp³-hybridized carbons (Fsp3) is 0. The Bertz CT molecular complexity index is 626. The lowest BCUT2D eigenvalue weighted by atomic mass is 10.0. The molecule has 2 aromatic rings. The van der Waals surface area contributed by atoms with E-state index in [-0.39, 0.29) is 16.3 Å². The monoisotopic (exact) mass is 266 g/mol. The zero-order chi connectivity index (χ0) is 13.3. The predicted molar refractivity (Wildman–Crippen MR) is 65.5 cm³/mol. The van der Waals surface area contributed by atoms with Gasteiger partial charge < -0.3 is 10.2 Å². The van der Waals surface area contributed by atoms with Crippen LogP contribution in [0.5, 0.6) is 5.75 Å². The molecule has 0 aliphatic carbocycles. The van der Waals surface area contributed by atoms with Gasteiger partial charge in [0.05, 0.1) is 5.02 Å². The number of phenols is 1. The number of hydrogen-bond donors (Lipinski definition) is 2. The predicted octanol–water partition coefficient (Wildman–Crippen LogP) is 3.55. The van der Waals surface area contributed by atoms with Crippen molar-refractivity contribution in [3.05, 3.63) is 52.8 Å². The molecule has 0 fully saturated rings. The first kappa shape index (κ1) is 12.4. The van der Waals surface area contributed by atoms with Crippen molar-refractivity contribution in [1.29, 1.82) is 0 Å². The summed E-state index contributed by atoms with van der Waals surface area (Å²) in [6, 6.07) is 7.89. The number of aromatic carboxylic acids is 1. The number of carboxylic acids is 1. The van der Waals surface area contributed by atoms with Gasteiger partial charge >= 0.3 is 5.97 Å². The van der Waals surface area contributed by atoms with Crippen molar-refractivity contribution >= 4 is 17.6 Å². The van der Waals surface area contributed by atoms with Gasteiger partial charge in [0, 0.05) is 5.56 Å². The van der Waals surface area contributed by atoms with Gasteiger partial charge in [-0.3, -0.25) is 0 Å². The molecule has 0 unspecified atom stereocenters. The Balaban J connectivity index is 2.58. The second-order valence-electron chi connectivity index (χ2n) is 3.66. The molecule has 3 nitrogen and oxygen atoms in total. The summed E-state index contributed by atoms with van der Waals surface area (Å²) in [5.41, 5.74) is 0.767. The first-order valence-electron chi connectivity index (χ1n) is 5.01. The summed E-state index contributed by atoms with van der Waals surface area (Å²) in [5.74, 6) is -2.04. The second-order valence-corrected chi connectivity index (χ2v) is 4.07. The molecule has 0 saturated carbocycles. The third-order valence-corrected chi connectivity index (χ3v) is 2.78. The first-order valence-corrected chi connectivity index (χ1v) is 5.38. The standard InChI is InChI=1S/C13H8ClFO3/c14-11-6-8(15)2-3-9(11)7-1-4-12(16)10(5-7)13(17)18/h1-6,16H,(H,17,18). The molecule has 2 N–H and O–H groups in total. The number of carbonyl (C=O) groups is 1. The third kappa shape index (κ3) is 2.28. The molecular weight excluding hydrogens is 259 g/mol. The van der Waals surface area contributed by atoms with E-state index in [1.807, 2.05) is 0 Å². The van der Waals surface area contributed by atoms with Crippen LogP contribution in [0.1, 0.15) is 10.4 Å². The molecule has 0 aliphatic heterocycles. The Labute approximate surface area is 107 Å². The van der Waals surface area contributed by atoms with Crippen molar-refractivity contribution in [2.45, 2.75) is 0 Å². The molecule has 2 aromatic carbocycles. The van der Waals surface area contributed by atoms with Crippen molar-refractivity contribution in [2.24, 2.45) is 0 Å². The number of rotatable bonds is 2. The van der Waals surface area contributed by atoms with Crippen molar-refractivity contribution in [2.75, 3.05) is 0 Å². The quantitative estimate of drug-likeness (QED) is 0.874. The van der Waals surface area contributed by atoms with E-state index in [1.54, 1.807) is 0 Å². The van der Waals surface area contributed by atoms with Crippen LogP contribution in [-0.2, 0) is 0 Å². The number of benzene rings is 2. The minimum atomic E-state index is -1.24. The molecule has 0 bridgehead atoms. The molecule has 0 heterocycles. The Hall–Kier alpha value is -2.07. The number of aromatic hydroxyl groups is 1. The minimum absolute atomic E-state index is 0.178. The van der Waals surface area contributed by atoms with Crippen LogP contribution in [-0.4, -0.2) is 16.2 Å². The molecule has 5 heteroatoms. The lowest BCUT2D eigenvalue weighted by Crippen LogP contribution is -1.97. The molecule has 0 radical (unpaired) electrons. The highest BCUT2D eigenvalue weighted by Crippen LogP contribution is 2.31. The topological polar surface area (TPSA) is 57.5 Å². The second kappa shape index (κ2) is 4.66. The number of carboxylic acid groups (broad SMARTS) is 1. The normalized spacial score (nSPS) is 10.3. The van der Waals surface area contributed by atoms with Gasteiger partial charge in [-0.25, -0.2) is 9.18 Å².